The molecule has 1 heterocycles. The first-order chi connectivity index (χ1) is 15.8. The molecule has 2 aromatic carbocycles. The molecule has 3 rings (SSSR count). The zero-order chi connectivity index (χ0) is 24.0. The summed E-state index contributed by atoms with van der Waals surface area (Å²) >= 11 is 1.43. The SMILES string of the molecule is COc1cccc(F)c1C(=O)N1CCN(C(=O)C[C@H](N)CSc2ccc(F)cc2)CC1CO. The number of piperazine rings is 1. The number of halogens is 2. The Labute approximate surface area is 195 Å². The van der Waals surface area contributed by atoms with Gasteiger partial charge in [0.1, 0.15) is 22.9 Å². The molecule has 0 radical (unpaired) electrons. The first-order valence-corrected chi connectivity index (χ1v) is 11.5. The molecule has 0 spiro atoms. The Bertz CT molecular complexity index is 977. The van der Waals surface area contributed by atoms with Crippen LogP contribution in [0.3, 0.4) is 0 Å². The number of hydrogen-bond donors (Lipinski definition) is 2. The smallest absolute Gasteiger partial charge is 0.261 e. The second kappa shape index (κ2) is 11.4. The Balaban J connectivity index is 1.58. The zero-order valence-electron chi connectivity index (χ0n) is 18.2. The van der Waals surface area contributed by atoms with Gasteiger partial charge in [-0.15, -0.1) is 11.8 Å². The number of methoxy groups -OCH3 is 1. The number of nitrogens with two attached hydrogens (primary N) is 1. The maximum absolute atomic E-state index is 14.3. The van der Waals surface area contributed by atoms with Gasteiger partial charge in [0.25, 0.3) is 5.91 Å². The summed E-state index contributed by atoms with van der Waals surface area (Å²) in [6.45, 7) is 0.136. The van der Waals surface area contributed by atoms with Crippen LogP contribution in [0.2, 0.25) is 0 Å². The standard InChI is InChI=1S/C23H27F2N3O4S/c1-32-20-4-2-3-19(25)22(20)23(31)28-10-9-27(12-17(28)13-29)21(30)11-16(26)14-33-18-7-5-15(24)6-8-18/h2-8,16-17,29H,9-14,26H2,1H3/t16-,17?/m0/s1. The van der Waals surface area contributed by atoms with Crippen LogP contribution in [-0.4, -0.2) is 77.9 Å². The summed E-state index contributed by atoms with van der Waals surface area (Å²) in [6.07, 6.45) is 0.0986. The summed E-state index contributed by atoms with van der Waals surface area (Å²) in [5, 5.41) is 9.85. The van der Waals surface area contributed by atoms with Crippen molar-refractivity contribution in [3.8, 4) is 5.75 Å². The summed E-state index contributed by atoms with van der Waals surface area (Å²) < 4.78 is 32.5. The molecule has 1 saturated heterocycles. The minimum absolute atomic E-state index is 0.0986. The average Bonchev–Trinajstić information content (AvgIpc) is 2.82. The molecule has 33 heavy (non-hydrogen) atoms. The van der Waals surface area contributed by atoms with E-state index in [4.69, 9.17) is 10.5 Å². The van der Waals surface area contributed by atoms with Gasteiger partial charge in [0.15, 0.2) is 0 Å². The first-order valence-electron chi connectivity index (χ1n) is 10.5. The number of carbonyl (C=O) groups excluding carboxylic acids is 2. The largest absolute Gasteiger partial charge is 0.496 e. The van der Waals surface area contributed by atoms with Crippen LogP contribution < -0.4 is 10.5 Å². The van der Waals surface area contributed by atoms with Crippen LogP contribution in [0.1, 0.15) is 16.8 Å². The van der Waals surface area contributed by atoms with Crippen molar-refractivity contribution >= 4 is 23.6 Å². The summed E-state index contributed by atoms with van der Waals surface area (Å²) in [4.78, 5) is 29.5. The molecule has 178 valence electrons. The minimum Gasteiger partial charge on any atom is -0.496 e. The van der Waals surface area contributed by atoms with Crippen molar-refractivity contribution in [2.24, 2.45) is 5.73 Å². The van der Waals surface area contributed by atoms with Crippen LogP contribution in [0.4, 0.5) is 8.78 Å². The van der Waals surface area contributed by atoms with Crippen LogP contribution in [0, 0.1) is 11.6 Å². The van der Waals surface area contributed by atoms with Crippen molar-refractivity contribution in [2.75, 3.05) is 39.1 Å². The molecule has 2 atom stereocenters. The van der Waals surface area contributed by atoms with E-state index in [1.54, 1.807) is 17.0 Å². The van der Waals surface area contributed by atoms with E-state index in [-0.39, 0.29) is 55.7 Å². The van der Waals surface area contributed by atoms with Crippen molar-refractivity contribution in [1.82, 2.24) is 9.80 Å². The molecule has 1 aliphatic rings. The van der Waals surface area contributed by atoms with E-state index in [0.717, 1.165) is 4.90 Å². The number of nitrogens with zero attached hydrogens (tertiary/aromatic N) is 2. The number of hydrogen-bond acceptors (Lipinski definition) is 6. The number of carbonyl (C=O) groups is 2. The third-order valence-electron chi connectivity index (χ3n) is 5.43. The van der Waals surface area contributed by atoms with Gasteiger partial charge in [-0.05, 0) is 36.4 Å². The number of amides is 2. The highest BCUT2D eigenvalue weighted by Crippen LogP contribution is 2.25. The van der Waals surface area contributed by atoms with Gasteiger partial charge in [0, 0.05) is 42.7 Å². The highest BCUT2D eigenvalue weighted by Gasteiger charge is 2.35. The predicted octanol–water partition coefficient (Wildman–Crippen LogP) is 2.13. The van der Waals surface area contributed by atoms with Gasteiger partial charge in [0.05, 0.1) is 19.8 Å². The van der Waals surface area contributed by atoms with Gasteiger partial charge in [-0.1, -0.05) is 6.07 Å². The summed E-state index contributed by atoms with van der Waals surface area (Å²) in [5.41, 5.74) is 5.92. The highest BCUT2D eigenvalue weighted by molar-refractivity contribution is 7.99. The topological polar surface area (TPSA) is 96.1 Å². The van der Waals surface area contributed by atoms with Crippen molar-refractivity contribution in [3.63, 3.8) is 0 Å². The fourth-order valence-corrected chi connectivity index (χ4v) is 4.53. The molecule has 1 aliphatic heterocycles. The maximum atomic E-state index is 14.3. The molecule has 7 nitrogen and oxygen atoms in total. The van der Waals surface area contributed by atoms with E-state index in [0.29, 0.717) is 5.75 Å². The van der Waals surface area contributed by atoms with Crippen molar-refractivity contribution in [1.29, 1.82) is 0 Å². The van der Waals surface area contributed by atoms with Crippen molar-refractivity contribution < 1.29 is 28.2 Å². The Morgan fingerprint density at radius 1 is 1.21 bits per heavy atom. The first kappa shape index (κ1) is 24.9. The van der Waals surface area contributed by atoms with Crippen molar-refractivity contribution in [3.05, 3.63) is 59.7 Å². The number of thioether (sulfide) groups is 1. The summed E-state index contributed by atoms with van der Waals surface area (Å²) in [7, 11) is 1.35. The minimum atomic E-state index is -0.709. The number of aliphatic hydroxyl groups excluding tert-OH is 1. The molecular formula is C23H27F2N3O4S. The zero-order valence-corrected chi connectivity index (χ0v) is 19.1. The predicted molar refractivity (Wildman–Crippen MR) is 121 cm³/mol. The Morgan fingerprint density at radius 2 is 1.94 bits per heavy atom. The van der Waals surface area contributed by atoms with Crippen molar-refractivity contribution in [2.45, 2.75) is 23.4 Å². The fourth-order valence-electron chi connectivity index (χ4n) is 3.68. The molecule has 1 fully saturated rings. The van der Waals surface area contributed by atoms with E-state index in [1.165, 1.54) is 54.1 Å². The molecule has 0 aromatic heterocycles. The van der Waals surface area contributed by atoms with Crippen LogP contribution in [0.15, 0.2) is 47.4 Å². The lowest BCUT2D eigenvalue weighted by Crippen LogP contribution is -2.58. The normalized spacial score (nSPS) is 17.1. The fraction of sp³-hybridized carbons (Fsp3) is 0.391. The lowest BCUT2D eigenvalue weighted by Gasteiger charge is -2.41. The molecule has 2 amide bonds. The maximum Gasteiger partial charge on any atom is 0.261 e. The monoisotopic (exact) mass is 479 g/mol. The summed E-state index contributed by atoms with van der Waals surface area (Å²) in [6, 6.07) is 9.07. The van der Waals surface area contributed by atoms with Crippen LogP contribution in [0.5, 0.6) is 5.75 Å². The van der Waals surface area contributed by atoms with Gasteiger partial charge in [0.2, 0.25) is 5.91 Å². The number of benzene rings is 2. The van der Waals surface area contributed by atoms with E-state index in [2.05, 4.69) is 0 Å². The second-order valence-corrected chi connectivity index (χ2v) is 8.81. The quantitative estimate of drug-likeness (QED) is 0.564. The summed E-state index contributed by atoms with van der Waals surface area (Å²) in [5.74, 6) is -1.21. The van der Waals surface area contributed by atoms with Gasteiger partial charge in [-0.25, -0.2) is 8.78 Å². The van der Waals surface area contributed by atoms with Gasteiger partial charge >= 0.3 is 0 Å². The number of rotatable bonds is 8. The molecule has 0 bridgehead atoms. The molecule has 0 aliphatic carbocycles. The lowest BCUT2D eigenvalue weighted by molar-refractivity contribution is -0.134. The Hall–Kier alpha value is -2.69. The van der Waals surface area contributed by atoms with E-state index in [1.807, 2.05) is 0 Å². The van der Waals surface area contributed by atoms with E-state index < -0.39 is 23.8 Å². The highest BCUT2D eigenvalue weighted by atomic mass is 32.2. The Morgan fingerprint density at radius 3 is 2.61 bits per heavy atom. The number of aliphatic hydroxyl groups is 1. The van der Waals surface area contributed by atoms with Crippen LogP contribution in [-0.2, 0) is 4.79 Å². The van der Waals surface area contributed by atoms with Crippen LogP contribution in [0.25, 0.3) is 0 Å². The van der Waals surface area contributed by atoms with Gasteiger partial charge in [-0.2, -0.15) is 0 Å². The third-order valence-corrected chi connectivity index (χ3v) is 6.63. The molecule has 0 saturated carbocycles. The Kier molecular flexibility index (Phi) is 8.65. The number of ether oxygens (including phenoxy) is 1. The third kappa shape index (κ3) is 6.21. The van der Waals surface area contributed by atoms with E-state index in [9.17, 15) is 23.5 Å². The second-order valence-electron chi connectivity index (χ2n) is 7.72. The molecular weight excluding hydrogens is 452 g/mol. The van der Waals surface area contributed by atoms with Gasteiger partial charge < -0.3 is 25.4 Å². The lowest BCUT2D eigenvalue weighted by atomic mass is 10.1. The molecule has 2 aromatic rings. The molecule has 3 N–H and O–H groups in total. The van der Waals surface area contributed by atoms with Crippen LogP contribution >= 0.6 is 11.8 Å². The molecule has 1 unspecified atom stereocenters. The average molecular weight is 480 g/mol. The van der Waals surface area contributed by atoms with E-state index >= 15 is 0 Å². The van der Waals surface area contributed by atoms with Gasteiger partial charge in [-0.3, -0.25) is 9.59 Å². The molecule has 10 heteroatoms.